The van der Waals surface area contributed by atoms with Gasteiger partial charge >= 0.3 is 26.2 Å². The van der Waals surface area contributed by atoms with E-state index in [0.29, 0.717) is 0 Å². The Morgan fingerprint density at radius 2 is 0.459 bits per heavy atom. The van der Waals surface area contributed by atoms with Crippen LogP contribution in [0.1, 0.15) is 278 Å². The van der Waals surface area contributed by atoms with E-state index in [4.69, 9.17) is 0 Å². The number of carbonyl (C=O) groups excluding carboxylic acids is 3. The van der Waals surface area contributed by atoms with E-state index < -0.39 is 17.9 Å². The average molecular weight is 934 g/mol. The van der Waals surface area contributed by atoms with Crippen molar-refractivity contribution < 1.29 is 55.9 Å². The van der Waals surface area contributed by atoms with Crippen molar-refractivity contribution >= 4 is 17.9 Å². The van der Waals surface area contributed by atoms with Crippen LogP contribution in [0.5, 0.6) is 0 Å². The van der Waals surface area contributed by atoms with Gasteiger partial charge in [0.05, 0.1) is 0 Å². The normalized spacial score (nSPS) is 11.2. The maximum Gasteiger partial charge on any atom is 3.00 e. The summed E-state index contributed by atoms with van der Waals surface area (Å²) >= 11 is 0. The van der Waals surface area contributed by atoms with Gasteiger partial charge in [-0.1, -0.05) is 223 Å². The third-order valence-electron chi connectivity index (χ3n) is 10.6. The third-order valence-corrected chi connectivity index (χ3v) is 10.6. The molecule has 0 aliphatic rings. The molecule has 0 unspecified atom stereocenters. The number of carboxylic acid groups (broad SMARTS) is 3. The van der Waals surface area contributed by atoms with Gasteiger partial charge in [-0.05, 0) is 103 Å². The molecule has 0 atom stereocenters. The molecule has 0 heterocycles. The Labute approximate surface area is 397 Å². The molecule has 7 heteroatoms. The van der Waals surface area contributed by atoms with Gasteiger partial charge in [0.25, 0.3) is 0 Å². The largest absolute Gasteiger partial charge is 3.00 e. The fourth-order valence-corrected chi connectivity index (χ4v) is 6.80. The third kappa shape index (κ3) is 76.0. The molecule has 0 aliphatic carbocycles. The van der Waals surface area contributed by atoms with Crippen molar-refractivity contribution in [3.63, 3.8) is 0 Å². The summed E-state index contributed by atoms with van der Waals surface area (Å²) in [6, 6.07) is 0. The minimum Gasteiger partial charge on any atom is -0.550 e. The molecule has 0 saturated heterocycles. The van der Waals surface area contributed by atoms with E-state index >= 15 is 0 Å². The van der Waals surface area contributed by atoms with Crippen molar-refractivity contribution in [1.82, 2.24) is 0 Å². The monoisotopic (exact) mass is 932 g/mol. The molecule has 1 radical (unpaired) electrons. The van der Waals surface area contributed by atoms with Crippen molar-refractivity contribution in [1.29, 1.82) is 0 Å². The van der Waals surface area contributed by atoms with Crippen molar-refractivity contribution in [3.05, 3.63) is 48.6 Å². The van der Waals surface area contributed by atoms with Crippen LogP contribution in [-0.2, 0) is 40.6 Å². The number of allylic oxidation sites excluding steroid dienone is 8. The summed E-state index contributed by atoms with van der Waals surface area (Å²) < 4.78 is 0. The van der Waals surface area contributed by atoms with E-state index in [1.54, 1.807) is 0 Å². The number of unbranched alkanes of at least 4 members (excludes halogenated alkanes) is 30. The van der Waals surface area contributed by atoms with Crippen LogP contribution in [0.3, 0.4) is 0 Å². The Morgan fingerprint density at radius 3 is 0.689 bits per heavy atom. The predicted octanol–water partition coefficient (Wildman–Crippen LogP) is 14.1. The molecule has 0 rings (SSSR count). The smallest absolute Gasteiger partial charge is 0.550 e. The van der Waals surface area contributed by atoms with E-state index in [9.17, 15) is 29.7 Å². The van der Waals surface area contributed by atoms with E-state index in [2.05, 4.69) is 69.4 Å². The molecular formula is C54H97O6Zr. The number of hydrogen-bond donors (Lipinski definition) is 0. The first kappa shape index (κ1) is 65.9. The Kier molecular flexibility index (Phi) is 67.5. The molecule has 0 saturated carbocycles. The molecule has 0 bridgehead atoms. The van der Waals surface area contributed by atoms with Crippen molar-refractivity contribution in [2.24, 2.45) is 0 Å². The number of aliphatic carboxylic acids is 3. The maximum atomic E-state index is 10.2. The molecule has 353 valence electrons. The van der Waals surface area contributed by atoms with Gasteiger partial charge in [0.1, 0.15) is 0 Å². The summed E-state index contributed by atoms with van der Waals surface area (Å²) in [5, 5.41) is 30.6. The Morgan fingerprint density at radius 1 is 0.279 bits per heavy atom. The summed E-state index contributed by atoms with van der Waals surface area (Å²) in [4.78, 5) is 30.6. The van der Waals surface area contributed by atoms with E-state index in [1.807, 2.05) is 0 Å². The topological polar surface area (TPSA) is 120 Å². The summed E-state index contributed by atoms with van der Waals surface area (Å²) in [5.74, 6) is -2.74. The van der Waals surface area contributed by atoms with Gasteiger partial charge < -0.3 is 29.7 Å². The van der Waals surface area contributed by atoms with Gasteiger partial charge in [0.15, 0.2) is 0 Å². The molecule has 6 nitrogen and oxygen atoms in total. The van der Waals surface area contributed by atoms with E-state index in [1.165, 1.54) is 161 Å². The fourth-order valence-electron chi connectivity index (χ4n) is 6.80. The molecule has 0 N–H and O–H groups in total. The first-order valence-corrected chi connectivity index (χ1v) is 25.5. The van der Waals surface area contributed by atoms with Gasteiger partial charge in [0, 0.05) is 17.9 Å². The molecule has 0 aromatic carbocycles. The zero-order valence-electron chi connectivity index (χ0n) is 40.4. The first-order valence-electron chi connectivity index (χ1n) is 25.5. The Hall–Kier alpha value is -1.75. The van der Waals surface area contributed by atoms with Crippen LogP contribution in [-0.4, -0.2) is 17.9 Å². The van der Waals surface area contributed by atoms with Crippen LogP contribution in [0.2, 0.25) is 0 Å². The minimum absolute atomic E-state index is 0. The van der Waals surface area contributed by atoms with Gasteiger partial charge in [-0.15, -0.1) is 0 Å². The molecule has 0 aliphatic heterocycles. The van der Waals surface area contributed by atoms with Gasteiger partial charge in [-0.2, -0.15) is 0 Å². The Balaban J connectivity index is -0.000000396. The summed E-state index contributed by atoms with van der Waals surface area (Å²) in [5.41, 5.74) is 0. The standard InChI is InChI=1S/C18H36O2.2C18H32O2.Zr/c3*1-2-3-4-5-6-7-8-9-10-11-12-13-14-15-16-17-18(19)20;/h2-17H2,1H3,(H,19,20);2*6-7,9-10H,2-5,8,11-17H2,1H3,(H,19,20);/q;;;+3/p-3/b;2*7-6-,10-9-;. The summed E-state index contributed by atoms with van der Waals surface area (Å²) in [7, 11) is 0. The fraction of sp³-hybridized carbons (Fsp3) is 0.796. The van der Waals surface area contributed by atoms with Crippen LogP contribution in [0, 0.1) is 0 Å². The Bertz CT molecular complexity index is 932. The summed E-state index contributed by atoms with van der Waals surface area (Å²) in [6.07, 6.45) is 63.7. The zero-order valence-corrected chi connectivity index (χ0v) is 42.8. The number of carboxylic acids is 3. The van der Waals surface area contributed by atoms with Crippen LogP contribution >= 0.6 is 0 Å². The second-order valence-corrected chi connectivity index (χ2v) is 16.8. The van der Waals surface area contributed by atoms with E-state index in [0.717, 1.165) is 77.0 Å². The molecule has 0 fully saturated rings. The van der Waals surface area contributed by atoms with Gasteiger partial charge in [-0.3, -0.25) is 0 Å². The molecule has 0 amide bonds. The molecular weight excluding hydrogens is 836 g/mol. The van der Waals surface area contributed by atoms with Gasteiger partial charge in [0.2, 0.25) is 0 Å². The molecule has 0 aromatic heterocycles. The quantitative estimate of drug-likeness (QED) is 0.0443. The zero-order chi connectivity index (χ0) is 44.7. The average Bonchev–Trinajstić information content (AvgIpc) is 3.22. The van der Waals surface area contributed by atoms with Crippen LogP contribution in [0.4, 0.5) is 0 Å². The second-order valence-electron chi connectivity index (χ2n) is 16.8. The van der Waals surface area contributed by atoms with E-state index in [-0.39, 0.29) is 45.5 Å². The van der Waals surface area contributed by atoms with Gasteiger partial charge in [-0.25, -0.2) is 0 Å². The minimum atomic E-state index is -0.921. The van der Waals surface area contributed by atoms with Crippen molar-refractivity contribution in [2.75, 3.05) is 0 Å². The van der Waals surface area contributed by atoms with Crippen LogP contribution in [0.15, 0.2) is 48.6 Å². The number of carbonyl (C=O) groups is 3. The number of rotatable bonds is 44. The van der Waals surface area contributed by atoms with Crippen molar-refractivity contribution in [3.8, 4) is 0 Å². The number of hydrogen-bond acceptors (Lipinski definition) is 6. The second kappa shape index (κ2) is 62.5. The maximum absolute atomic E-state index is 10.2. The molecule has 0 spiro atoms. The molecule has 0 aromatic rings. The molecule has 61 heavy (non-hydrogen) atoms. The van der Waals surface area contributed by atoms with Crippen molar-refractivity contribution in [2.45, 2.75) is 278 Å². The predicted molar refractivity (Wildman–Crippen MR) is 253 cm³/mol. The SMILES string of the molecule is CCCCC/C=C\C/C=C\CCCCCCCC(=O)[O-].CCCCC/C=C\C/C=C\CCCCCCCC(=O)[O-].CCCCCCCCCCCCCCCCCC(=O)[O-].[Zr+3]. The van der Waals surface area contributed by atoms with Crippen LogP contribution < -0.4 is 15.3 Å². The van der Waals surface area contributed by atoms with Crippen LogP contribution in [0.25, 0.3) is 0 Å². The summed E-state index contributed by atoms with van der Waals surface area (Å²) in [6.45, 7) is 6.73. The first-order chi connectivity index (χ1) is 29.3.